The minimum Gasteiger partial charge on any atom is -0.476 e. The van der Waals surface area contributed by atoms with Crippen molar-refractivity contribution in [3.05, 3.63) is 45.1 Å². The molecule has 0 saturated heterocycles. The summed E-state index contributed by atoms with van der Waals surface area (Å²) in [6.07, 6.45) is 0. The number of aryl methyl sites for hydroxylation is 1. The second kappa shape index (κ2) is 4.50. The van der Waals surface area contributed by atoms with Crippen molar-refractivity contribution in [3.63, 3.8) is 0 Å². The third-order valence-electron chi connectivity index (χ3n) is 2.26. The van der Waals surface area contributed by atoms with Gasteiger partial charge in [0.2, 0.25) is 0 Å². The molecule has 1 N–H and O–H groups in total. The molecule has 6 heteroatoms. The molecule has 2 rings (SSSR count). The number of aromatic carboxylic acids is 1. The van der Waals surface area contributed by atoms with Gasteiger partial charge in [-0.3, -0.25) is 0 Å². The lowest BCUT2D eigenvalue weighted by molar-refractivity contribution is 0.0686. The maximum absolute atomic E-state index is 11.2. The number of carboxylic acids is 1. The van der Waals surface area contributed by atoms with E-state index < -0.39 is 5.97 Å². The van der Waals surface area contributed by atoms with Gasteiger partial charge in [0.15, 0.2) is 5.69 Å². The van der Waals surface area contributed by atoms with Gasteiger partial charge in [-0.25, -0.2) is 9.48 Å². The third-order valence-corrected chi connectivity index (χ3v) is 3.46. The highest BCUT2D eigenvalue weighted by Crippen LogP contribution is 2.24. The van der Waals surface area contributed by atoms with Gasteiger partial charge < -0.3 is 5.11 Å². The lowest BCUT2D eigenvalue weighted by atomic mass is 10.3. The molecule has 2 aromatic rings. The molecule has 0 unspecified atom stereocenters. The monoisotopic (exact) mass is 314 g/mol. The zero-order chi connectivity index (χ0) is 12.6. The summed E-state index contributed by atoms with van der Waals surface area (Å²) in [5.41, 5.74) is 1.38. The lowest BCUT2D eigenvalue weighted by Gasteiger charge is -2.04. The fourth-order valence-corrected chi connectivity index (χ4v) is 2.00. The fourth-order valence-electron chi connectivity index (χ4n) is 1.46. The van der Waals surface area contributed by atoms with Crippen molar-refractivity contribution in [1.29, 1.82) is 0 Å². The van der Waals surface area contributed by atoms with Crippen LogP contribution in [0.1, 0.15) is 16.2 Å². The van der Waals surface area contributed by atoms with Gasteiger partial charge in [0.25, 0.3) is 0 Å². The van der Waals surface area contributed by atoms with E-state index >= 15 is 0 Å². The van der Waals surface area contributed by atoms with Crippen molar-refractivity contribution in [2.75, 3.05) is 0 Å². The van der Waals surface area contributed by atoms with Crippen molar-refractivity contribution in [2.45, 2.75) is 6.92 Å². The van der Waals surface area contributed by atoms with Crippen molar-refractivity contribution in [2.24, 2.45) is 0 Å². The smallest absolute Gasteiger partial charge is 0.355 e. The Bertz CT molecular complexity index is 578. The van der Waals surface area contributed by atoms with E-state index in [-0.39, 0.29) is 5.69 Å². The molecular weight excluding hydrogens is 307 g/mol. The van der Waals surface area contributed by atoms with Crippen molar-refractivity contribution in [1.82, 2.24) is 9.78 Å². The van der Waals surface area contributed by atoms with E-state index in [1.54, 1.807) is 31.2 Å². The summed E-state index contributed by atoms with van der Waals surface area (Å²) in [5.74, 6) is -1.03. The maximum atomic E-state index is 11.2. The average Bonchev–Trinajstić information content (AvgIpc) is 2.56. The molecule has 0 amide bonds. The molecule has 0 atom stereocenters. The van der Waals surface area contributed by atoms with E-state index in [1.807, 2.05) is 0 Å². The number of hydrogen-bond donors (Lipinski definition) is 1. The Morgan fingerprint density at radius 3 is 2.53 bits per heavy atom. The predicted octanol–water partition coefficient (Wildman–Crippen LogP) is 3.29. The standard InChI is InChI=1S/C11H8BrClN2O2/c1-6-9(12)10(11(16)17)15(14-6)8-4-2-7(13)3-5-8/h2-5H,1H3,(H,16,17). The average molecular weight is 316 g/mol. The highest BCUT2D eigenvalue weighted by atomic mass is 79.9. The van der Waals surface area contributed by atoms with Gasteiger partial charge in [0, 0.05) is 5.02 Å². The molecule has 0 saturated carbocycles. The summed E-state index contributed by atoms with van der Waals surface area (Å²) >= 11 is 9.01. The van der Waals surface area contributed by atoms with Crippen LogP contribution in [0.5, 0.6) is 0 Å². The molecule has 0 bridgehead atoms. The zero-order valence-corrected chi connectivity index (χ0v) is 11.2. The number of carboxylic acid groups (broad SMARTS) is 1. The molecule has 0 aliphatic rings. The Labute approximate surface area is 111 Å². The molecule has 1 heterocycles. The van der Waals surface area contributed by atoms with E-state index in [0.29, 0.717) is 20.9 Å². The Morgan fingerprint density at radius 2 is 2.00 bits per heavy atom. The lowest BCUT2D eigenvalue weighted by Crippen LogP contribution is -2.08. The maximum Gasteiger partial charge on any atom is 0.355 e. The van der Waals surface area contributed by atoms with E-state index in [1.165, 1.54) is 4.68 Å². The van der Waals surface area contributed by atoms with Crippen LogP contribution in [0.15, 0.2) is 28.7 Å². The van der Waals surface area contributed by atoms with E-state index in [4.69, 9.17) is 16.7 Å². The van der Waals surface area contributed by atoms with Gasteiger partial charge in [0.1, 0.15) is 0 Å². The number of rotatable bonds is 2. The van der Waals surface area contributed by atoms with Gasteiger partial charge in [0.05, 0.1) is 15.9 Å². The summed E-state index contributed by atoms with van der Waals surface area (Å²) in [6, 6.07) is 6.81. The molecule has 0 aliphatic carbocycles. The number of benzene rings is 1. The first kappa shape index (κ1) is 12.1. The van der Waals surface area contributed by atoms with Crippen molar-refractivity contribution >= 4 is 33.5 Å². The Kier molecular flexibility index (Phi) is 3.22. The SMILES string of the molecule is Cc1nn(-c2ccc(Cl)cc2)c(C(=O)O)c1Br. The number of aromatic nitrogens is 2. The predicted molar refractivity (Wildman–Crippen MR) is 68.0 cm³/mol. The van der Waals surface area contributed by atoms with Gasteiger partial charge >= 0.3 is 5.97 Å². The quantitative estimate of drug-likeness (QED) is 0.925. The van der Waals surface area contributed by atoms with Gasteiger partial charge in [-0.2, -0.15) is 5.10 Å². The van der Waals surface area contributed by atoms with Crippen LogP contribution in [0.4, 0.5) is 0 Å². The molecule has 0 spiro atoms. The van der Waals surface area contributed by atoms with Crippen LogP contribution < -0.4 is 0 Å². The second-order valence-electron chi connectivity index (χ2n) is 3.44. The van der Waals surface area contributed by atoms with Crippen molar-refractivity contribution in [3.8, 4) is 5.69 Å². The number of halogens is 2. The summed E-state index contributed by atoms with van der Waals surface area (Å²) in [7, 11) is 0. The molecule has 0 fully saturated rings. The molecule has 88 valence electrons. The third kappa shape index (κ3) is 2.21. The highest BCUT2D eigenvalue weighted by molar-refractivity contribution is 9.10. The number of hydrogen-bond acceptors (Lipinski definition) is 2. The van der Waals surface area contributed by atoms with Crippen LogP contribution in [-0.4, -0.2) is 20.9 Å². The molecule has 1 aromatic carbocycles. The second-order valence-corrected chi connectivity index (χ2v) is 4.67. The van der Waals surface area contributed by atoms with Gasteiger partial charge in [-0.15, -0.1) is 0 Å². The Balaban J connectivity index is 2.63. The van der Waals surface area contributed by atoms with E-state index in [2.05, 4.69) is 21.0 Å². The van der Waals surface area contributed by atoms with E-state index in [9.17, 15) is 4.79 Å². The molecule has 0 aliphatic heterocycles. The van der Waals surface area contributed by atoms with E-state index in [0.717, 1.165) is 0 Å². The first-order chi connectivity index (χ1) is 8.00. The van der Waals surface area contributed by atoms with Crippen LogP contribution >= 0.6 is 27.5 Å². The van der Waals surface area contributed by atoms with Gasteiger partial charge in [-0.05, 0) is 47.1 Å². The van der Waals surface area contributed by atoms with Crippen LogP contribution in [-0.2, 0) is 0 Å². The van der Waals surface area contributed by atoms with Crippen LogP contribution in [0, 0.1) is 6.92 Å². The minimum atomic E-state index is -1.03. The summed E-state index contributed by atoms with van der Waals surface area (Å²) in [4.78, 5) is 11.2. The molecule has 17 heavy (non-hydrogen) atoms. The molecule has 0 radical (unpaired) electrons. The van der Waals surface area contributed by atoms with Crippen LogP contribution in [0.2, 0.25) is 5.02 Å². The van der Waals surface area contributed by atoms with Gasteiger partial charge in [-0.1, -0.05) is 11.6 Å². The van der Waals surface area contributed by atoms with Crippen LogP contribution in [0.3, 0.4) is 0 Å². The first-order valence-corrected chi connectivity index (χ1v) is 5.92. The Morgan fingerprint density at radius 1 is 1.41 bits per heavy atom. The summed E-state index contributed by atoms with van der Waals surface area (Å²) in [6.45, 7) is 1.74. The van der Waals surface area contributed by atoms with Crippen molar-refractivity contribution < 1.29 is 9.90 Å². The Hall–Kier alpha value is -1.33. The number of nitrogens with zero attached hydrogens (tertiary/aromatic N) is 2. The minimum absolute atomic E-state index is 0.102. The summed E-state index contributed by atoms with van der Waals surface area (Å²) in [5, 5.41) is 13.9. The largest absolute Gasteiger partial charge is 0.476 e. The van der Waals surface area contributed by atoms with Crippen LogP contribution in [0.25, 0.3) is 5.69 Å². The molecular formula is C11H8BrClN2O2. The zero-order valence-electron chi connectivity index (χ0n) is 8.82. The molecule has 1 aromatic heterocycles. The number of carbonyl (C=O) groups is 1. The normalized spacial score (nSPS) is 10.5. The molecule has 4 nitrogen and oxygen atoms in total. The summed E-state index contributed by atoms with van der Waals surface area (Å²) < 4.78 is 1.86. The first-order valence-electron chi connectivity index (χ1n) is 4.75. The highest BCUT2D eigenvalue weighted by Gasteiger charge is 2.20. The fraction of sp³-hybridized carbons (Fsp3) is 0.0909. The topological polar surface area (TPSA) is 55.1 Å².